The van der Waals surface area contributed by atoms with Gasteiger partial charge in [0, 0.05) is 0 Å². The van der Waals surface area contributed by atoms with E-state index < -0.39 is 17.9 Å². The fourth-order valence-electron chi connectivity index (χ4n) is 3.03. The van der Waals surface area contributed by atoms with Gasteiger partial charge in [-0.15, -0.1) is 0 Å². The molecule has 1 amide bonds. The van der Waals surface area contributed by atoms with Crippen molar-refractivity contribution in [3.8, 4) is 6.07 Å². The number of para-hydroxylation sites is 2. The lowest BCUT2D eigenvalue weighted by atomic mass is 9.91. The molecule has 1 aliphatic heterocycles. The summed E-state index contributed by atoms with van der Waals surface area (Å²) in [6, 6.07) is 14.8. The van der Waals surface area contributed by atoms with Gasteiger partial charge >= 0.3 is 0 Å². The normalized spacial score (nSPS) is 19.9. The number of rotatable bonds is 1. The Morgan fingerprint density at radius 2 is 1.91 bits per heavy atom. The Balaban J connectivity index is 2.00. The molecule has 4 rings (SSSR count). The van der Waals surface area contributed by atoms with Gasteiger partial charge in [0.25, 0.3) is 0 Å². The highest BCUT2D eigenvalue weighted by Crippen LogP contribution is 2.37. The summed E-state index contributed by atoms with van der Waals surface area (Å²) in [7, 11) is 0. The van der Waals surface area contributed by atoms with E-state index in [2.05, 4.69) is 16.4 Å². The van der Waals surface area contributed by atoms with Crippen LogP contribution in [0.4, 0.5) is 10.3 Å². The molecule has 112 valence electrons. The topological polar surface area (TPSA) is 70.7 Å². The first-order chi connectivity index (χ1) is 11.2. The standard InChI is InChI=1S/C17H11FN4O/c18-11-7-5-10(6-8-11)15-12(9-19)16(23)21-17-20-13-3-1-2-4-14(13)22(15)17/h1-8,12,15H,(H,20,21,23)/t12-,15-/m0/s1. The van der Waals surface area contributed by atoms with E-state index in [0.29, 0.717) is 11.5 Å². The van der Waals surface area contributed by atoms with Crippen LogP contribution in [0.15, 0.2) is 48.5 Å². The minimum atomic E-state index is -0.912. The second-order valence-corrected chi connectivity index (χ2v) is 5.39. The Hall–Kier alpha value is -3.20. The van der Waals surface area contributed by atoms with Crippen LogP contribution in [0, 0.1) is 23.1 Å². The molecule has 0 unspecified atom stereocenters. The van der Waals surface area contributed by atoms with Gasteiger partial charge in [0.05, 0.1) is 23.1 Å². The first-order valence-electron chi connectivity index (χ1n) is 7.12. The lowest BCUT2D eigenvalue weighted by molar-refractivity contribution is -0.119. The third kappa shape index (κ3) is 1.98. The van der Waals surface area contributed by atoms with Gasteiger partial charge in [0.2, 0.25) is 11.9 Å². The van der Waals surface area contributed by atoms with Gasteiger partial charge in [-0.05, 0) is 29.8 Å². The lowest BCUT2D eigenvalue weighted by Crippen LogP contribution is -2.37. The summed E-state index contributed by atoms with van der Waals surface area (Å²) in [6.07, 6.45) is 0. The molecule has 1 aliphatic rings. The number of fused-ring (bicyclic) bond motifs is 3. The second-order valence-electron chi connectivity index (χ2n) is 5.39. The predicted molar refractivity (Wildman–Crippen MR) is 82.0 cm³/mol. The Kier molecular flexibility index (Phi) is 2.88. The molecule has 5 nitrogen and oxygen atoms in total. The number of hydrogen-bond acceptors (Lipinski definition) is 3. The minimum Gasteiger partial charge on any atom is -0.300 e. The van der Waals surface area contributed by atoms with Crippen LogP contribution in [-0.4, -0.2) is 15.5 Å². The Morgan fingerprint density at radius 1 is 1.17 bits per heavy atom. The van der Waals surface area contributed by atoms with Crippen molar-refractivity contribution >= 4 is 22.9 Å². The van der Waals surface area contributed by atoms with Gasteiger partial charge in [-0.2, -0.15) is 5.26 Å². The maximum absolute atomic E-state index is 13.2. The van der Waals surface area contributed by atoms with E-state index in [0.717, 1.165) is 11.0 Å². The Bertz CT molecular complexity index is 955. The predicted octanol–water partition coefficient (Wildman–Crippen LogP) is 2.86. The first kappa shape index (κ1) is 13.5. The van der Waals surface area contributed by atoms with Crippen LogP contribution in [-0.2, 0) is 4.79 Å². The lowest BCUT2D eigenvalue weighted by Gasteiger charge is -2.29. The molecule has 1 N–H and O–H groups in total. The molecule has 6 heteroatoms. The number of imidazole rings is 1. The Labute approximate surface area is 131 Å². The number of halogens is 1. The molecule has 2 aromatic carbocycles. The monoisotopic (exact) mass is 306 g/mol. The van der Waals surface area contributed by atoms with E-state index in [9.17, 15) is 14.4 Å². The molecule has 23 heavy (non-hydrogen) atoms. The molecule has 2 heterocycles. The number of aromatic nitrogens is 2. The van der Waals surface area contributed by atoms with E-state index in [1.165, 1.54) is 12.1 Å². The molecular formula is C17H11FN4O. The van der Waals surface area contributed by atoms with Crippen molar-refractivity contribution in [2.24, 2.45) is 5.92 Å². The molecule has 0 spiro atoms. The fraction of sp³-hybridized carbons (Fsp3) is 0.118. The number of hydrogen-bond donors (Lipinski definition) is 1. The molecule has 1 aromatic heterocycles. The summed E-state index contributed by atoms with van der Waals surface area (Å²) in [4.78, 5) is 16.7. The van der Waals surface area contributed by atoms with Crippen molar-refractivity contribution in [2.45, 2.75) is 6.04 Å². The van der Waals surface area contributed by atoms with E-state index in [1.54, 1.807) is 12.1 Å². The zero-order valence-electron chi connectivity index (χ0n) is 11.9. The number of carbonyl (C=O) groups excluding carboxylic acids is 1. The SMILES string of the molecule is N#C[C@@H]1C(=O)Nc2nc3ccccc3n2[C@H]1c1ccc(F)cc1. The van der Waals surface area contributed by atoms with E-state index in [-0.39, 0.29) is 5.82 Å². The number of amides is 1. The zero-order chi connectivity index (χ0) is 16.0. The van der Waals surface area contributed by atoms with Crippen LogP contribution in [0.3, 0.4) is 0 Å². The van der Waals surface area contributed by atoms with Crippen molar-refractivity contribution in [3.05, 3.63) is 59.9 Å². The molecule has 0 fully saturated rings. The van der Waals surface area contributed by atoms with Gasteiger partial charge in [-0.3, -0.25) is 10.1 Å². The van der Waals surface area contributed by atoms with Crippen molar-refractivity contribution in [3.63, 3.8) is 0 Å². The molecular weight excluding hydrogens is 295 g/mol. The van der Waals surface area contributed by atoms with Crippen LogP contribution in [0.2, 0.25) is 0 Å². The summed E-state index contributed by atoms with van der Waals surface area (Å²) in [5, 5.41) is 12.1. The molecule has 0 saturated heterocycles. The average Bonchev–Trinajstić information content (AvgIpc) is 2.92. The molecule has 0 aliphatic carbocycles. The molecule has 0 saturated carbocycles. The largest absolute Gasteiger partial charge is 0.300 e. The maximum Gasteiger partial charge on any atom is 0.246 e. The first-order valence-corrected chi connectivity index (χ1v) is 7.12. The Morgan fingerprint density at radius 3 is 2.65 bits per heavy atom. The van der Waals surface area contributed by atoms with Crippen molar-refractivity contribution in [2.75, 3.05) is 5.32 Å². The van der Waals surface area contributed by atoms with E-state index >= 15 is 0 Å². The highest BCUT2D eigenvalue weighted by atomic mass is 19.1. The van der Waals surface area contributed by atoms with E-state index in [4.69, 9.17) is 0 Å². The van der Waals surface area contributed by atoms with Gasteiger partial charge in [0.1, 0.15) is 5.82 Å². The van der Waals surface area contributed by atoms with Crippen molar-refractivity contribution < 1.29 is 9.18 Å². The number of nitrogens with one attached hydrogen (secondary N) is 1. The molecule has 0 radical (unpaired) electrons. The third-order valence-corrected chi connectivity index (χ3v) is 4.06. The van der Waals surface area contributed by atoms with Crippen LogP contribution in [0.5, 0.6) is 0 Å². The summed E-state index contributed by atoms with van der Waals surface area (Å²) in [5.41, 5.74) is 2.24. The highest BCUT2D eigenvalue weighted by Gasteiger charge is 2.38. The van der Waals surface area contributed by atoms with Gasteiger partial charge < -0.3 is 4.57 Å². The minimum absolute atomic E-state index is 0.363. The highest BCUT2D eigenvalue weighted by molar-refractivity contribution is 5.97. The summed E-state index contributed by atoms with van der Waals surface area (Å²) >= 11 is 0. The van der Waals surface area contributed by atoms with Crippen LogP contribution in [0.1, 0.15) is 11.6 Å². The fourth-order valence-corrected chi connectivity index (χ4v) is 3.03. The van der Waals surface area contributed by atoms with Crippen LogP contribution >= 0.6 is 0 Å². The number of anilines is 1. The summed E-state index contributed by atoms with van der Waals surface area (Å²) in [5.74, 6) is -1.27. The molecule has 2 atom stereocenters. The van der Waals surface area contributed by atoms with E-state index in [1.807, 2.05) is 28.8 Å². The molecule has 3 aromatic rings. The molecule has 0 bridgehead atoms. The average molecular weight is 306 g/mol. The van der Waals surface area contributed by atoms with Gasteiger partial charge in [0.15, 0.2) is 5.92 Å². The second kappa shape index (κ2) is 4.92. The van der Waals surface area contributed by atoms with Gasteiger partial charge in [-0.25, -0.2) is 9.37 Å². The van der Waals surface area contributed by atoms with Crippen molar-refractivity contribution in [1.82, 2.24) is 9.55 Å². The van der Waals surface area contributed by atoms with Crippen LogP contribution in [0.25, 0.3) is 11.0 Å². The zero-order valence-corrected chi connectivity index (χ0v) is 11.9. The summed E-state index contributed by atoms with van der Waals surface area (Å²) in [6.45, 7) is 0. The summed E-state index contributed by atoms with van der Waals surface area (Å²) < 4.78 is 15.1. The van der Waals surface area contributed by atoms with Gasteiger partial charge in [-0.1, -0.05) is 24.3 Å². The number of benzene rings is 2. The van der Waals surface area contributed by atoms with Crippen molar-refractivity contribution in [1.29, 1.82) is 5.26 Å². The quantitative estimate of drug-likeness (QED) is 0.751. The number of nitriles is 1. The number of nitrogens with zero attached hydrogens (tertiary/aromatic N) is 3. The number of carbonyl (C=O) groups is 1. The maximum atomic E-state index is 13.2. The van der Waals surface area contributed by atoms with Crippen LogP contribution < -0.4 is 5.32 Å². The third-order valence-electron chi connectivity index (χ3n) is 4.06. The smallest absolute Gasteiger partial charge is 0.246 e.